The Morgan fingerprint density at radius 1 is 1.20 bits per heavy atom. The molecule has 1 aliphatic carbocycles. The molecule has 25 heavy (non-hydrogen) atoms. The minimum atomic E-state index is -3.53. The number of ether oxygens (including phenoxy) is 1. The van der Waals surface area contributed by atoms with Crippen molar-refractivity contribution in [2.24, 2.45) is 5.92 Å². The van der Waals surface area contributed by atoms with Crippen molar-refractivity contribution in [3.05, 3.63) is 29.8 Å². The number of nitrogens with one attached hydrogen (secondary N) is 2. The van der Waals surface area contributed by atoms with Gasteiger partial charge in [0.1, 0.15) is 0 Å². The van der Waals surface area contributed by atoms with Crippen LogP contribution < -0.4 is 10.0 Å². The highest BCUT2D eigenvalue weighted by molar-refractivity contribution is 7.92. The zero-order chi connectivity index (χ0) is 18.4. The highest BCUT2D eigenvalue weighted by Gasteiger charge is 2.23. The van der Waals surface area contributed by atoms with Gasteiger partial charge in [-0.05, 0) is 30.9 Å². The van der Waals surface area contributed by atoms with Crippen molar-refractivity contribution in [2.45, 2.75) is 38.6 Å². The van der Waals surface area contributed by atoms with E-state index in [-0.39, 0.29) is 23.2 Å². The number of carbonyl (C=O) groups is 2. The molecule has 0 radical (unpaired) electrons. The highest BCUT2D eigenvalue weighted by atomic mass is 32.2. The van der Waals surface area contributed by atoms with Crippen molar-refractivity contribution < 1.29 is 22.7 Å². The van der Waals surface area contributed by atoms with Crippen LogP contribution in [0, 0.1) is 5.92 Å². The van der Waals surface area contributed by atoms with E-state index in [0.717, 1.165) is 25.5 Å². The Kier molecular flexibility index (Phi) is 6.41. The maximum Gasteiger partial charge on any atom is 0.340 e. The third-order valence-corrected chi connectivity index (χ3v) is 4.83. The molecule has 1 fully saturated rings. The maximum atomic E-state index is 12.2. The smallest absolute Gasteiger partial charge is 0.340 e. The van der Waals surface area contributed by atoms with E-state index in [4.69, 9.17) is 4.74 Å². The highest BCUT2D eigenvalue weighted by Crippen LogP contribution is 2.23. The molecule has 0 heterocycles. The van der Waals surface area contributed by atoms with E-state index in [0.29, 0.717) is 5.92 Å². The van der Waals surface area contributed by atoms with Gasteiger partial charge in [0, 0.05) is 6.04 Å². The van der Waals surface area contributed by atoms with Crippen molar-refractivity contribution >= 4 is 27.6 Å². The number of rotatable bonds is 6. The molecule has 0 spiro atoms. The molecule has 2 atom stereocenters. The lowest BCUT2D eigenvalue weighted by atomic mass is 9.86. The first-order chi connectivity index (χ1) is 11.8. The monoisotopic (exact) mass is 368 g/mol. The Bertz CT molecular complexity index is 732. The van der Waals surface area contributed by atoms with E-state index < -0.39 is 22.6 Å². The average Bonchev–Trinajstić information content (AvgIpc) is 2.54. The summed E-state index contributed by atoms with van der Waals surface area (Å²) in [7, 11) is -3.53. The van der Waals surface area contributed by atoms with Gasteiger partial charge in [-0.2, -0.15) is 0 Å². The van der Waals surface area contributed by atoms with E-state index >= 15 is 0 Å². The van der Waals surface area contributed by atoms with Gasteiger partial charge >= 0.3 is 5.97 Å². The molecule has 0 bridgehead atoms. The van der Waals surface area contributed by atoms with E-state index in [2.05, 4.69) is 17.0 Å². The summed E-state index contributed by atoms with van der Waals surface area (Å²) in [5.74, 6) is -0.688. The van der Waals surface area contributed by atoms with Crippen LogP contribution in [0.4, 0.5) is 5.69 Å². The van der Waals surface area contributed by atoms with E-state index in [1.807, 2.05) is 0 Å². The molecule has 7 nitrogen and oxygen atoms in total. The largest absolute Gasteiger partial charge is 0.452 e. The van der Waals surface area contributed by atoms with Crippen molar-refractivity contribution in [1.29, 1.82) is 0 Å². The zero-order valence-electron chi connectivity index (χ0n) is 14.4. The molecule has 0 aromatic heterocycles. The lowest BCUT2D eigenvalue weighted by molar-refractivity contribution is -0.125. The quantitative estimate of drug-likeness (QED) is 0.747. The van der Waals surface area contributed by atoms with Crippen LogP contribution in [0.25, 0.3) is 0 Å². The van der Waals surface area contributed by atoms with Crippen LogP contribution in [-0.2, 0) is 19.6 Å². The number of hydrogen-bond donors (Lipinski definition) is 2. The summed E-state index contributed by atoms with van der Waals surface area (Å²) in [4.78, 5) is 24.2. The number of esters is 1. The molecule has 2 N–H and O–H groups in total. The molecule has 138 valence electrons. The Morgan fingerprint density at radius 3 is 2.56 bits per heavy atom. The maximum absolute atomic E-state index is 12.2. The normalized spacial score (nSPS) is 20.6. The second-order valence-corrected chi connectivity index (χ2v) is 8.18. The van der Waals surface area contributed by atoms with Crippen LogP contribution in [0.2, 0.25) is 0 Å². The number of amides is 1. The van der Waals surface area contributed by atoms with Gasteiger partial charge < -0.3 is 10.1 Å². The summed E-state index contributed by atoms with van der Waals surface area (Å²) in [5.41, 5.74) is 0.183. The summed E-state index contributed by atoms with van der Waals surface area (Å²) in [5, 5.41) is 2.90. The van der Waals surface area contributed by atoms with Crippen LogP contribution in [0.15, 0.2) is 24.3 Å². The van der Waals surface area contributed by atoms with Gasteiger partial charge in [0.25, 0.3) is 5.91 Å². The Labute approximate surface area is 148 Å². The number of benzene rings is 1. The standard InChI is InChI=1S/C17H24N2O5S/c1-12-7-3-5-9-14(12)18-16(20)11-24-17(21)13-8-4-6-10-15(13)19-25(2,22)23/h4,6,8,10,12,14,19H,3,5,7,9,11H2,1-2H3,(H,18,20). The van der Waals surface area contributed by atoms with Crippen LogP contribution >= 0.6 is 0 Å². The van der Waals surface area contributed by atoms with Gasteiger partial charge in [-0.3, -0.25) is 9.52 Å². The molecule has 8 heteroatoms. The molecule has 1 amide bonds. The number of hydrogen-bond acceptors (Lipinski definition) is 5. The number of carbonyl (C=O) groups excluding carboxylic acids is 2. The van der Waals surface area contributed by atoms with Gasteiger partial charge in [-0.15, -0.1) is 0 Å². The third-order valence-electron chi connectivity index (χ3n) is 4.23. The Morgan fingerprint density at radius 2 is 1.88 bits per heavy atom. The molecule has 0 aliphatic heterocycles. The Hall–Kier alpha value is -2.09. The number of para-hydroxylation sites is 1. The molecule has 1 aromatic rings. The first kappa shape index (κ1) is 19.2. The summed E-state index contributed by atoms with van der Waals surface area (Å²) in [6.07, 6.45) is 5.26. The molecular formula is C17H24N2O5S. The number of sulfonamides is 1. The van der Waals surface area contributed by atoms with Gasteiger partial charge in [0.15, 0.2) is 6.61 Å². The lowest BCUT2D eigenvalue weighted by Gasteiger charge is -2.29. The second kappa shape index (κ2) is 8.33. The number of anilines is 1. The topological polar surface area (TPSA) is 102 Å². The van der Waals surface area contributed by atoms with Crippen LogP contribution in [0.1, 0.15) is 43.0 Å². The van der Waals surface area contributed by atoms with Crippen LogP contribution in [0.5, 0.6) is 0 Å². The predicted octanol–water partition coefficient (Wildman–Crippen LogP) is 1.91. The van der Waals surface area contributed by atoms with E-state index in [1.54, 1.807) is 12.1 Å². The minimum absolute atomic E-state index is 0.0618. The van der Waals surface area contributed by atoms with Gasteiger partial charge in [0.05, 0.1) is 17.5 Å². The minimum Gasteiger partial charge on any atom is -0.452 e. The fourth-order valence-electron chi connectivity index (χ4n) is 2.94. The molecule has 2 rings (SSSR count). The van der Waals surface area contributed by atoms with Gasteiger partial charge in [-0.1, -0.05) is 31.9 Å². The molecule has 1 aromatic carbocycles. The van der Waals surface area contributed by atoms with Crippen LogP contribution in [-0.4, -0.2) is 39.2 Å². The molecule has 0 saturated heterocycles. The second-order valence-electron chi connectivity index (χ2n) is 6.43. The van der Waals surface area contributed by atoms with Crippen molar-refractivity contribution in [3.8, 4) is 0 Å². The van der Waals surface area contributed by atoms with E-state index in [9.17, 15) is 18.0 Å². The van der Waals surface area contributed by atoms with E-state index in [1.165, 1.54) is 18.6 Å². The molecule has 1 aliphatic rings. The van der Waals surface area contributed by atoms with Gasteiger partial charge in [0.2, 0.25) is 10.0 Å². The van der Waals surface area contributed by atoms with Crippen molar-refractivity contribution in [2.75, 3.05) is 17.6 Å². The molecule has 2 unspecified atom stereocenters. The molecule has 1 saturated carbocycles. The Balaban J connectivity index is 1.93. The summed E-state index contributed by atoms with van der Waals surface area (Å²) in [6.45, 7) is 1.71. The van der Waals surface area contributed by atoms with Crippen LogP contribution in [0.3, 0.4) is 0 Å². The third kappa shape index (κ3) is 6.04. The first-order valence-electron chi connectivity index (χ1n) is 8.29. The summed E-state index contributed by atoms with van der Waals surface area (Å²) >= 11 is 0. The lowest BCUT2D eigenvalue weighted by Crippen LogP contribution is -2.42. The average molecular weight is 368 g/mol. The van der Waals surface area contributed by atoms with Crippen molar-refractivity contribution in [3.63, 3.8) is 0 Å². The first-order valence-corrected chi connectivity index (χ1v) is 10.2. The predicted molar refractivity (Wildman–Crippen MR) is 94.8 cm³/mol. The SMILES string of the molecule is CC1CCCCC1NC(=O)COC(=O)c1ccccc1NS(C)(=O)=O. The molecular weight excluding hydrogens is 344 g/mol. The van der Waals surface area contributed by atoms with Crippen molar-refractivity contribution in [1.82, 2.24) is 5.32 Å². The fraction of sp³-hybridized carbons (Fsp3) is 0.529. The zero-order valence-corrected chi connectivity index (χ0v) is 15.3. The summed E-state index contributed by atoms with van der Waals surface area (Å²) in [6, 6.07) is 6.20. The summed E-state index contributed by atoms with van der Waals surface area (Å²) < 4.78 is 30.0. The van der Waals surface area contributed by atoms with Gasteiger partial charge in [-0.25, -0.2) is 13.2 Å². The fourth-order valence-corrected chi connectivity index (χ4v) is 3.52.